The molecule has 1 aromatic carbocycles. The van der Waals surface area contributed by atoms with Gasteiger partial charge in [0.05, 0.1) is 11.8 Å². The molecule has 6 heteroatoms. The van der Waals surface area contributed by atoms with Crippen LogP contribution in [0.25, 0.3) is 10.9 Å². The first kappa shape index (κ1) is 17.1. The van der Waals surface area contributed by atoms with Crippen LogP contribution in [-0.2, 0) is 16.0 Å². The van der Waals surface area contributed by atoms with E-state index in [4.69, 9.17) is 0 Å². The van der Waals surface area contributed by atoms with E-state index in [1.807, 2.05) is 18.7 Å². The fraction of sp³-hybridized carbons (Fsp3) is 0.500. The molecule has 2 saturated heterocycles. The summed E-state index contributed by atoms with van der Waals surface area (Å²) in [6, 6.07) is 4.30. The zero-order chi connectivity index (χ0) is 18.6. The molecule has 2 bridgehead atoms. The van der Waals surface area contributed by atoms with Gasteiger partial charge in [0.15, 0.2) is 0 Å². The van der Waals surface area contributed by atoms with Crippen LogP contribution >= 0.6 is 0 Å². The van der Waals surface area contributed by atoms with Crippen LogP contribution in [0.4, 0.5) is 4.39 Å². The Morgan fingerprint density at radius 3 is 2.81 bits per heavy atom. The molecule has 2 aliphatic rings. The molecular formula is C20H23FN2O3. The average molecular weight is 358 g/mol. The first-order valence-corrected chi connectivity index (χ1v) is 9.18. The van der Waals surface area contributed by atoms with E-state index in [0.717, 1.165) is 35.0 Å². The van der Waals surface area contributed by atoms with E-state index in [-0.39, 0.29) is 30.2 Å². The fourth-order valence-corrected chi connectivity index (χ4v) is 5.15. The van der Waals surface area contributed by atoms with E-state index in [1.54, 1.807) is 6.07 Å². The molecule has 2 aromatic rings. The number of aromatic amines is 1. The number of fused-ring (bicyclic) bond motifs is 3. The van der Waals surface area contributed by atoms with Crippen LogP contribution in [0.15, 0.2) is 18.2 Å². The van der Waals surface area contributed by atoms with Gasteiger partial charge in [-0.2, -0.15) is 0 Å². The Kier molecular flexibility index (Phi) is 3.82. The molecule has 1 aromatic heterocycles. The van der Waals surface area contributed by atoms with Gasteiger partial charge < -0.3 is 15.0 Å². The number of benzene rings is 1. The largest absolute Gasteiger partial charge is 0.481 e. The lowest BCUT2D eigenvalue weighted by Gasteiger charge is -2.32. The standard InChI is InChI=1S/C20H23FN2O3/c1-3-20(19(25)26)10-13-5-7-17(20)23(13)18(24)9-14-11(2)22-16-6-4-12(21)8-15(14)16/h4,6,8,13,17,22H,3,5,7,9-10H2,1-2H3,(H,25,26)/t13-,17+,20+/m0/s1. The van der Waals surface area contributed by atoms with E-state index in [2.05, 4.69) is 4.98 Å². The molecule has 138 valence electrons. The molecule has 0 unspecified atom stereocenters. The lowest BCUT2D eigenvalue weighted by molar-refractivity contribution is -0.151. The highest BCUT2D eigenvalue weighted by Gasteiger charge is 2.60. The summed E-state index contributed by atoms with van der Waals surface area (Å²) >= 11 is 0. The Balaban J connectivity index is 1.65. The number of amides is 1. The summed E-state index contributed by atoms with van der Waals surface area (Å²) in [6.07, 6.45) is 2.86. The molecule has 3 atom stereocenters. The second-order valence-electron chi connectivity index (χ2n) is 7.66. The van der Waals surface area contributed by atoms with Gasteiger partial charge in [-0.1, -0.05) is 6.92 Å². The molecule has 0 saturated carbocycles. The third kappa shape index (κ3) is 2.27. The predicted molar refractivity (Wildman–Crippen MR) is 95.3 cm³/mol. The highest BCUT2D eigenvalue weighted by Crippen LogP contribution is 2.52. The number of hydrogen-bond donors (Lipinski definition) is 2. The summed E-state index contributed by atoms with van der Waals surface area (Å²) in [5, 5.41) is 10.5. The van der Waals surface area contributed by atoms with Crippen molar-refractivity contribution in [2.45, 2.75) is 58.0 Å². The Morgan fingerprint density at radius 2 is 2.15 bits per heavy atom. The lowest BCUT2D eigenvalue weighted by Crippen LogP contribution is -2.45. The van der Waals surface area contributed by atoms with Crippen molar-refractivity contribution >= 4 is 22.8 Å². The van der Waals surface area contributed by atoms with Gasteiger partial charge in [0, 0.05) is 28.7 Å². The van der Waals surface area contributed by atoms with Crippen molar-refractivity contribution in [2.75, 3.05) is 0 Å². The average Bonchev–Trinajstić information content (AvgIpc) is 3.25. The molecule has 2 aliphatic heterocycles. The van der Waals surface area contributed by atoms with Gasteiger partial charge in [-0.3, -0.25) is 9.59 Å². The Morgan fingerprint density at radius 1 is 1.38 bits per heavy atom. The molecular weight excluding hydrogens is 335 g/mol. The van der Waals surface area contributed by atoms with Crippen LogP contribution < -0.4 is 0 Å². The second-order valence-corrected chi connectivity index (χ2v) is 7.66. The Bertz CT molecular complexity index is 906. The third-order valence-corrected chi connectivity index (χ3v) is 6.49. The van der Waals surface area contributed by atoms with Crippen LogP contribution in [0, 0.1) is 18.2 Å². The quantitative estimate of drug-likeness (QED) is 0.880. The smallest absolute Gasteiger partial charge is 0.311 e. The number of H-pyrrole nitrogens is 1. The number of carboxylic acid groups (broad SMARTS) is 1. The third-order valence-electron chi connectivity index (χ3n) is 6.49. The van der Waals surface area contributed by atoms with Gasteiger partial charge in [0.2, 0.25) is 5.91 Å². The summed E-state index contributed by atoms with van der Waals surface area (Å²) in [5.74, 6) is -1.18. The first-order valence-electron chi connectivity index (χ1n) is 9.18. The molecule has 1 amide bonds. The van der Waals surface area contributed by atoms with Gasteiger partial charge in [-0.25, -0.2) is 4.39 Å². The SMILES string of the molecule is CC[C@@]1(C(=O)O)C[C@@H]2CC[C@H]1N2C(=O)Cc1c(C)[nH]c2ccc(F)cc12. The molecule has 2 N–H and O–H groups in total. The minimum absolute atomic E-state index is 0.00537. The van der Waals surface area contributed by atoms with Crippen molar-refractivity contribution < 1.29 is 19.1 Å². The zero-order valence-electron chi connectivity index (χ0n) is 15.0. The Labute approximate surface area is 151 Å². The summed E-state index contributed by atoms with van der Waals surface area (Å²) in [7, 11) is 0. The van der Waals surface area contributed by atoms with Crippen molar-refractivity contribution in [2.24, 2.45) is 5.41 Å². The minimum Gasteiger partial charge on any atom is -0.481 e. The molecule has 0 radical (unpaired) electrons. The van der Waals surface area contributed by atoms with Crippen molar-refractivity contribution in [1.82, 2.24) is 9.88 Å². The number of aromatic nitrogens is 1. The van der Waals surface area contributed by atoms with Crippen LogP contribution in [0.5, 0.6) is 0 Å². The second kappa shape index (κ2) is 5.83. The number of aliphatic carboxylic acids is 1. The van der Waals surface area contributed by atoms with Gasteiger partial charge in [-0.05, 0) is 56.4 Å². The van der Waals surface area contributed by atoms with Gasteiger partial charge in [0.25, 0.3) is 0 Å². The van der Waals surface area contributed by atoms with Crippen LogP contribution in [0.1, 0.15) is 43.9 Å². The van der Waals surface area contributed by atoms with Crippen LogP contribution in [0.2, 0.25) is 0 Å². The maximum atomic E-state index is 13.7. The summed E-state index contributed by atoms with van der Waals surface area (Å²) in [4.78, 5) is 30.0. The summed E-state index contributed by atoms with van der Waals surface area (Å²) in [6.45, 7) is 3.77. The van der Waals surface area contributed by atoms with Crippen molar-refractivity contribution in [1.29, 1.82) is 0 Å². The molecule has 2 fully saturated rings. The van der Waals surface area contributed by atoms with E-state index in [0.29, 0.717) is 12.8 Å². The zero-order valence-corrected chi connectivity index (χ0v) is 15.0. The number of rotatable bonds is 4. The minimum atomic E-state index is -0.820. The highest BCUT2D eigenvalue weighted by atomic mass is 19.1. The number of carbonyl (C=O) groups excluding carboxylic acids is 1. The lowest BCUT2D eigenvalue weighted by atomic mass is 9.72. The number of halogens is 1. The predicted octanol–water partition coefficient (Wildman–Crippen LogP) is 3.40. The highest BCUT2D eigenvalue weighted by molar-refractivity contribution is 5.91. The topological polar surface area (TPSA) is 73.4 Å². The summed E-state index contributed by atoms with van der Waals surface area (Å²) < 4.78 is 13.7. The van der Waals surface area contributed by atoms with Gasteiger partial charge in [0.1, 0.15) is 5.82 Å². The molecule has 3 heterocycles. The summed E-state index contributed by atoms with van der Waals surface area (Å²) in [5.41, 5.74) is 1.64. The van der Waals surface area contributed by atoms with E-state index >= 15 is 0 Å². The monoisotopic (exact) mass is 358 g/mol. The van der Waals surface area contributed by atoms with E-state index < -0.39 is 11.4 Å². The number of carbonyl (C=O) groups is 2. The molecule has 0 aliphatic carbocycles. The molecule has 4 rings (SSSR count). The first-order chi connectivity index (χ1) is 12.4. The van der Waals surface area contributed by atoms with E-state index in [9.17, 15) is 19.1 Å². The Hall–Kier alpha value is -2.37. The number of aryl methyl sites for hydroxylation is 1. The molecule has 26 heavy (non-hydrogen) atoms. The van der Waals surface area contributed by atoms with Gasteiger partial charge >= 0.3 is 5.97 Å². The maximum Gasteiger partial charge on any atom is 0.311 e. The normalized spacial score (nSPS) is 27.4. The number of nitrogens with zero attached hydrogens (tertiary/aromatic N) is 1. The number of carboxylic acids is 1. The molecule has 5 nitrogen and oxygen atoms in total. The van der Waals surface area contributed by atoms with Crippen LogP contribution in [-0.4, -0.2) is 39.0 Å². The van der Waals surface area contributed by atoms with Crippen molar-refractivity contribution in [3.05, 3.63) is 35.3 Å². The van der Waals surface area contributed by atoms with Crippen molar-refractivity contribution in [3.63, 3.8) is 0 Å². The maximum absolute atomic E-state index is 13.7. The number of nitrogens with one attached hydrogen (secondary N) is 1. The van der Waals surface area contributed by atoms with Gasteiger partial charge in [-0.15, -0.1) is 0 Å². The van der Waals surface area contributed by atoms with Crippen molar-refractivity contribution in [3.8, 4) is 0 Å². The van der Waals surface area contributed by atoms with Crippen LogP contribution in [0.3, 0.4) is 0 Å². The molecule has 0 spiro atoms. The number of hydrogen-bond acceptors (Lipinski definition) is 2. The fourth-order valence-electron chi connectivity index (χ4n) is 5.15. The van der Waals surface area contributed by atoms with E-state index in [1.165, 1.54) is 12.1 Å².